The summed E-state index contributed by atoms with van der Waals surface area (Å²) in [5.41, 5.74) is 2.83. The first-order valence-corrected chi connectivity index (χ1v) is 11.0. The van der Waals surface area contributed by atoms with Crippen LogP contribution in [0.2, 0.25) is 0 Å². The van der Waals surface area contributed by atoms with Crippen molar-refractivity contribution in [1.29, 1.82) is 0 Å². The third-order valence-corrected chi connectivity index (χ3v) is 6.01. The maximum absolute atomic E-state index is 12.4. The van der Waals surface area contributed by atoms with Gasteiger partial charge in [0.2, 0.25) is 0 Å². The summed E-state index contributed by atoms with van der Waals surface area (Å²) in [7, 11) is 0. The monoisotopic (exact) mass is 468 g/mol. The molecule has 4 rings (SSSR count). The number of amides is 1. The van der Waals surface area contributed by atoms with E-state index in [0.717, 1.165) is 38.0 Å². The molecule has 2 fully saturated rings. The quantitative estimate of drug-likeness (QED) is 0.679. The molecular formula is C22H34Cl2N6O. The van der Waals surface area contributed by atoms with Crippen LogP contribution in [-0.4, -0.2) is 52.0 Å². The Kier molecular flexibility index (Phi) is 10.7. The number of rotatable bonds is 6. The average Bonchev–Trinajstić information content (AvgIpc) is 3.13. The van der Waals surface area contributed by atoms with Gasteiger partial charge in [-0.25, -0.2) is 4.68 Å². The molecule has 2 aromatic rings. The Hall–Kier alpha value is -1.67. The van der Waals surface area contributed by atoms with Crippen LogP contribution in [0.3, 0.4) is 0 Å². The minimum atomic E-state index is -0.168. The number of likely N-dealkylation sites (tertiary alicyclic amines) is 1. The van der Waals surface area contributed by atoms with Gasteiger partial charge in [-0.15, -0.1) is 29.9 Å². The van der Waals surface area contributed by atoms with E-state index >= 15 is 0 Å². The molecule has 172 valence electrons. The summed E-state index contributed by atoms with van der Waals surface area (Å²) in [5, 5.41) is 14.5. The molecule has 2 saturated heterocycles. The standard InChI is InChI=1S/C22H32N6O.2ClH/c29-22(21-17-28(26-25-21)20-9-11-23-12-10-20)24-15-18-5-7-19(8-6-18)16-27-13-3-1-2-4-14-27;;/h5-8,17,20,23H,1-4,9-16H2,(H,24,29);2*1H. The van der Waals surface area contributed by atoms with Crippen LogP contribution in [0.4, 0.5) is 0 Å². The van der Waals surface area contributed by atoms with E-state index in [1.807, 2.05) is 4.68 Å². The molecule has 31 heavy (non-hydrogen) atoms. The topological polar surface area (TPSA) is 75.1 Å². The first-order valence-electron chi connectivity index (χ1n) is 11.0. The lowest BCUT2D eigenvalue weighted by Crippen LogP contribution is -2.29. The van der Waals surface area contributed by atoms with Crippen molar-refractivity contribution in [2.24, 2.45) is 0 Å². The van der Waals surface area contributed by atoms with Crippen LogP contribution < -0.4 is 10.6 Å². The summed E-state index contributed by atoms with van der Waals surface area (Å²) in [6.07, 6.45) is 9.16. The Morgan fingerprint density at radius 2 is 1.65 bits per heavy atom. The SMILES string of the molecule is Cl.Cl.O=C(NCc1ccc(CN2CCCCCC2)cc1)c1cn(C2CCNCC2)nn1. The third kappa shape index (κ3) is 7.45. The Morgan fingerprint density at radius 3 is 2.32 bits per heavy atom. The second-order valence-electron chi connectivity index (χ2n) is 8.25. The van der Waals surface area contributed by atoms with Gasteiger partial charge in [-0.05, 0) is 63.0 Å². The fourth-order valence-electron chi connectivity index (χ4n) is 4.22. The van der Waals surface area contributed by atoms with E-state index in [-0.39, 0.29) is 30.7 Å². The van der Waals surface area contributed by atoms with Gasteiger partial charge >= 0.3 is 0 Å². The molecule has 0 aliphatic carbocycles. The van der Waals surface area contributed by atoms with Crippen LogP contribution in [0.5, 0.6) is 0 Å². The summed E-state index contributed by atoms with van der Waals surface area (Å²) in [6, 6.07) is 8.92. The van der Waals surface area contributed by atoms with E-state index in [4.69, 9.17) is 0 Å². The van der Waals surface area contributed by atoms with Gasteiger partial charge in [-0.3, -0.25) is 9.69 Å². The number of aromatic nitrogens is 3. The molecule has 0 spiro atoms. The molecule has 1 aromatic heterocycles. The number of nitrogens with one attached hydrogen (secondary N) is 2. The predicted molar refractivity (Wildman–Crippen MR) is 127 cm³/mol. The smallest absolute Gasteiger partial charge is 0.273 e. The van der Waals surface area contributed by atoms with Crippen molar-refractivity contribution in [2.45, 2.75) is 57.7 Å². The molecule has 0 saturated carbocycles. The van der Waals surface area contributed by atoms with E-state index in [1.165, 1.54) is 44.3 Å². The fraction of sp³-hybridized carbons (Fsp3) is 0.591. The summed E-state index contributed by atoms with van der Waals surface area (Å²) in [5.74, 6) is -0.168. The van der Waals surface area contributed by atoms with Crippen LogP contribution >= 0.6 is 24.8 Å². The highest BCUT2D eigenvalue weighted by Crippen LogP contribution is 2.17. The van der Waals surface area contributed by atoms with Gasteiger partial charge in [-0.2, -0.15) is 0 Å². The Balaban J connectivity index is 0.00000171. The molecule has 2 aliphatic rings. The Labute approximate surface area is 197 Å². The first kappa shape index (κ1) is 25.6. The van der Waals surface area contributed by atoms with Gasteiger partial charge in [0.1, 0.15) is 0 Å². The minimum absolute atomic E-state index is 0. The van der Waals surface area contributed by atoms with E-state index in [2.05, 4.69) is 50.1 Å². The summed E-state index contributed by atoms with van der Waals surface area (Å²) in [6.45, 7) is 5.90. The fourth-order valence-corrected chi connectivity index (χ4v) is 4.22. The van der Waals surface area contributed by atoms with Gasteiger partial charge in [-0.1, -0.05) is 42.3 Å². The second-order valence-corrected chi connectivity index (χ2v) is 8.25. The number of carbonyl (C=O) groups is 1. The van der Waals surface area contributed by atoms with Gasteiger partial charge in [0, 0.05) is 13.1 Å². The Bertz CT molecular complexity index is 784. The largest absolute Gasteiger partial charge is 0.347 e. The van der Waals surface area contributed by atoms with E-state index in [1.54, 1.807) is 6.20 Å². The number of hydrogen-bond acceptors (Lipinski definition) is 5. The molecule has 2 aliphatic heterocycles. The molecular weight excluding hydrogens is 435 g/mol. The highest BCUT2D eigenvalue weighted by atomic mass is 35.5. The highest BCUT2D eigenvalue weighted by molar-refractivity contribution is 5.91. The molecule has 1 aromatic carbocycles. The summed E-state index contributed by atoms with van der Waals surface area (Å²) >= 11 is 0. The summed E-state index contributed by atoms with van der Waals surface area (Å²) < 4.78 is 1.84. The third-order valence-electron chi connectivity index (χ3n) is 6.01. The zero-order chi connectivity index (χ0) is 19.9. The second kappa shape index (κ2) is 13.0. The van der Waals surface area contributed by atoms with Crippen LogP contribution in [0.1, 0.15) is 66.2 Å². The van der Waals surface area contributed by atoms with Gasteiger partial charge < -0.3 is 10.6 Å². The van der Waals surface area contributed by atoms with Crippen molar-refractivity contribution in [2.75, 3.05) is 26.2 Å². The van der Waals surface area contributed by atoms with E-state index in [9.17, 15) is 4.79 Å². The van der Waals surface area contributed by atoms with Crippen molar-refractivity contribution in [1.82, 2.24) is 30.5 Å². The highest BCUT2D eigenvalue weighted by Gasteiger charge is 2.18. The summed E-state index contributed by atoms with van der Waals surface area (Å²) in [4.78, 5) is 15.0. The lowest BCUT2D eigenvalue weighted by atomic mass is 10.1. The normalized spacial score (nSPS) is 17.8. The number of carbonyl (C=O) groups excluding carboxylic acids is 1. The molecule has 0 atom stereocenters. The number of nitrogens with zero attached hydrogens (tertiary/aromatic N) is 4. The molecule has 0 bridgehead atoms. The van der Waals surface area contributed by atoms with Crippen LogP contribution in [-0.2, 0) is 13.1 Å². The molecule has 2 N–H and O–H groups in total. The maximum Gasteiger partial charge on any atom is 0.273 e. The predicted octanol–water partition coefficient (Wildman–Crippen LogP) is 3.35. The van der Waals surface area contributed by atoms with Crippen molar-refractivity contribution in [3.8, 4) is 0 Å². The lowest BCUT2D eigenvalue weighted by Gasteiger charge is -2.22. The van der Waals surface area contributed by atoms with Gasteiger partial charge in [0.15, 0.2) is 5.69 Å². The first-order chi connectivity index (χ1) is 14.3. The Morgan fingerprint density at radius 1 is 1.00 bits per heavy atom. The number of piperidine rings is 1. The van der Waals surface area contributed by atoms with Gasteiger partial charge in [0.05, 0.1) is 12.2 Å². The maximum atomic E-state index is 12.4. The van der Waals surface area contributed by atoms with Crippen molar-refractivity contribution in [3.05, 3.63) is 47.3 Å². The number of benzene rings is 1. The van der Waals surface area contributed by atoms with Crippen molar-refractivity contribution >= 4 is 30.7 Å². The zero-order valence-corrected chi connectivity index (χ0v) is 19.6. The molecule has 7 nitrogen and oxygen atoms in total. The molecule has 0 radical (unpaired) electrons. The minimum Gasteiger partial charge on any atom is -0.347 e. The average molecular weight is 469 g/mol. The number of hydrogen-bond donors (Lipinski definition) is 2. The number of halogens is 2. The van der Waals surface area contributed by atoms with Crippen molar-refractivity contribution in [3.63, 3.8) is 0 Å². The van der Waals surface area contributed by atoms with Crippen LogP contribution in [0, 0.1) is 0 Å². The van der Waals surface area contributed by atoms with E-state index < -0.39 is 0 Å². The lowest BCUT2D eigenvalue weighted by molar-refractivity contribution is 0.0946. The molecule has 3 heterocycles. The van der Waals surface area contributed by atoms with Gasteiger partial charge in [0.25, 0.3) is 5.91 Å². The molecule has 1 amide bonds. The van der Waals surface area contributed by atoms with Crippen LogP contribution in [0.25, 0.3) is 0 Å². The zero-order valence-electron chi connectivity index (χ0n) is 18.0. The molecule has 9 heteroatoms. The van der Waals surface area contributed by atoms with E-state index in [0.29, 0.717) is 18.3 Å². The van der Waals surface area contributed by atoms with Crippen molar-refractivity contribution < 1.29 is 4.79 Å². The molecule has 0 unspecified atom stereocenters. The van der Waals surface area contributed by atoms with Crippen LogP contribution in [0.15, 0.2) is 30.5 Å².